The third kappa shape index (κ3) is 5.58. The number of amides is 2. The van der Waals surface area contributed by atoms with Gasteiger partial charge in [0.05, 0.1) is 12.8 Å². The van der Waals surface area contributed by atoms with Crippen LogP contribution in [0.1, 0.15) is 22.5 Å². The first-order valence-corrected chi connectivity index (χ1v) is 11.5. The number of carbonyl (C=O) groups excluding carboxylic acids is 2. The topological polar surface area (TPSA) is 108 Å². The van der Waals surface area contributed by atoms with Crippen LogP contribution >= 0.6 is 11.3 Å². The van der Waals surface area contributed by atoms with Crippen molar-refractivity contribution in [3.8, 4) is 5.75 Å². The van der Waals surface area contributed by atoms with Gasteiger partial charge < -0.3 is 19.5 Å². The normalized spacial score (nSPS) is 13.6. The molecule has 0 bridgehead atoms. The van der Waals surface area contributed by atoms with Crippen LogP contribution in [0.4, 0.5) is 10.8 Å². The van der Waals surface area contributed by atoms with Gasteiger partial charge in [-0.3, -0.25) is 19.7 Å². The summed E-state index contributed by atoms with van der Waals surface area (Å²) in [5.41, 5.74) is 1.40. The minimum atomic E-state index is -0.511. The van der Waals surface area contributed by atoms with Gasteiger partial charge in [0, 0.05) is 55.9 Å². The molecule has 0 atom stereocenters. The molecule has 3 aromatic rings. The largest absolute Gasteiger partial charge is 0.497 e. The summed E-state index contributed by atoms with van der Waals surface area (Å²) in [7, 11) is 1.65. The first-order valence-electron chi connectivity index (χ1n) is 10.6. The summed E-state index contributed by atoms with van der Waals surface area (Å²) in [6, 6.07) is 11.0. The summed E-state index contributed by atoms with van der Waals surface area (Å²) >= 11 is 1.27. The first kappa shape index (κ1) is 22.5. The summed E-state index contributed by atoms with van der Waals surface area (Å²) in [6.45, 7) is 2.87. The Balaban J connectivity index is 1.25. The third-order valence-electron chi connectivity index (χ3n) is 5.48. The Morgan fingerprint density at radius 1 is 1.18 bits per heavy atom. The maximum atomic E-state index is 12.7. The Bertz CT molecular complexity index is 1180. The van der Waals surface area contributed by atoms with Gasteiger partial charge in [-0.1, -0.05) is 6.07 Å². The van der Waals surface area contributed by atoms with E-state index in [-0.39, 0.29) is 11.5 Å². The Morgan fingerprint density at radius 3 is 2.76 bits per heavy atom. The highest BCUT2D eigenvalue weighted by Crippen LogP contribution is 2.22. The number of ether oxygens (including phenoxy) is 1. The fourth-order valence-corrected chi connectivity index (χ4v) is 4.40. The Kier molecular flexibility index (Phi) is 7.04. The quantitative estimate of drug-likeness (QED) is 0.552. The molecule has 1 aromatic carbocycles. The van der Waals surface area contributed by atoms with Crippen LogP contribution in [0.5, 0.6) is 5.75 Å². The van der Waals surface area contributed by atoms with Gasteiger partial charge >= 0.3 is 0 Å². The van der Waals surface area contributed by atoms with E-state index in [2.05, 4.69) is 20.2 Å². The number of H-pyrrole nitrogens is 1. The van der Waals surface area contributed by atoms with E-state index in [1.807, 2.05) is 34.5 Å². The second kappa shape index (κ2) is 10.3. The molecule has 10 heteroatoms. The highest BCUT2D eigenvalue weighted by molar-refractivity contribution is 7.14. The van der Waals surface area contributed by atoms with Crippen LogP contribution in [-0.4, -0.2) is 60.0 Å². The molecular formula is C23H25N5O4S. The van der Waals surface area contributed by atoms with Crippen LogP contribution in [0.3, 0.4) is 0 Å². The van der Waals surface area contributed by atoms with E-state index in [1.165, 1.54) is 23.6 Å². The van der Waals surface area contributed by atoms with Crippen molar-refractivity contribution in [2.75, 3.05) is 43.5 Å². The maximum Gasteiger partial charge on any atom is 0.263 e. The highest BCUT2D eigenvalue weighted by atomic mass is 32.1. The predicted molar refractivity (Wildman–Crippen MR) is 127 cm³/mol. The molecule has 0 aliphatic carbocycles. The zero-order valence-electron chi connectivity index (χ0n) is 18.2. The maximum absolute atomic E-state index is 12.7. The number of aryl methyl sites for hydroxylation is 1. The van der Waals surface area contributed by atoms with Crippen LogP contribution in [0, 0.1) is 0 Å². The number of hydrogen-bond donors (Lipinski definition) is 2. The van der Waals surface area contributed by atoms with Crippen molar-refractivity contribution in [2.45, 2.75) is 12.8 Å². The third-order valence-corrected chi connectivity index (χ3v) is 6.29. The van der Waals surface area contributed by atoms with Crippen molar-refractivity contribution < 1.29 is 14.3 Å². The molecule has 0 unspecified atom stereocenters. The van der Waals surface area contributed by atoms with Gasteiger partial charge in [-0.25, -0.2) is 4.98 Å². The van der Waals surface area contributed by atoms with Crippen molar-refractivity contribution in [1.29, 1.82) is 0 Å². The number of aromatic nitrogens is 2. The molecule has 0 saturated carbocycles. The number of piperazine rings is 1. The predicted octanol–water partition coefficient (Wildman–Crippen LogP) is 2.37. The molecule has 0 radical (unpaired) electrons. The van der Waals surface area contributed by atoms with Crippen molar-refractivity contribution in [3.05, 3.63) is 69.6 Å². The zero-order valence-corrected chi connectivity index (χ0v) is 19.1. The average Bonchev–Trinajstić information content (AvgIpc) is 3.30. The summed E-state index contributed by atoms with van der Waals surface area (Å²) in [4.78, 5) is 47.6. The molecule has 172 valence electrons. The molecule has 0 spiro atoms. The minimum Gasteiger partial charge on any atom is -0.497 e. The highest BCUT2D eigenvalue weighted by Gasteiger charge is 2.22. The van der Waals surface area contributed by atoms with Crippen molar-refractivity contribution >= 4 is 34.0 Å². The van der Waals surface area contributed by atoms with Crippen molar-refractivity contribution in [2.24, 2.45) is 0 Å². The molecule has 2 N–H and O–H groups in total. The Hall–Kier alpha value is -3.66. The van der Waals surface area contributed by atoms with Crippen molar-refractivity contribution in [3.63, 3.8) is 0 Å². The molecule has 9 nitrogen and oxygen atoms in total. The van der Waals surface area contributed by atoms with Crippen LogP contribution < -0.4 is 20.5 Å². The number of benzene rings is 1. The summed E-state index contributed by atoms with van der Waals surface area (Å²) < 4.78 is 5.29. The van der Waals surface area contributed by atoms with E-state index in [0.717, 1.165) is 30.2 Å². The van der Waals surface area contributed by atoms with Crippen LogP contribution in [-0.2, 0) is 11.2 Å². The van der Waals surface area contributed by atoms with Crippen LogP contribution in [0.15, 0.2) is 52.8 Å². The van der Waals surface area contributed by atoms with Crippen LogP contribution in [0.25, 0.3) is 0 Å². The molecule has 4 rings (SSSR count). The number of thiazole rings is 1. The van der Waals surface area contributed by atoms with E-state index < -0.39 is 11.5 Å². The molecule has 1 aliphatic heterocycles. The van der Waals surface area contributed by atoms with Crippen molar-refractivity contribution in [1.82, 2.24) is 14.9 Å². The van der Waals surface area contributed by atoms with Gasteiger partial charge in [-0.2, -0.15) is 0 Å². The van der Waals surface area contributed by atoms with Crippen LogP contribution in [0.2, 0.25) is 0 Å². The van der Waals surface area contributed by atoms with Gasteiger partial charge in [0.2, 0.25) is 5.91 Å². The molecule has 1 fully saturated rings. The number of rotatable bonds is 7. The SMILES string of the molecule is COc1cccc(N2CCN(C(=O)CCc3csc(NC(=O)c4ccc[nH]c4=O)n3)CC2)c1. The lowest BCUT2D eigenvalue weighted by molar-refractivity contribution is -0.131. The monoisotopic (exact) mass is 467 g/mol. The van der Waals surface area contributed by atoms with E-state index in [0.29, 0.717) is 31.1 Å². The molecule has 1 saturated heterocycles. The number of methoxy groups -OCH3 is 1. The number of anilines is 2. The number of aromatic amines is 1. The average molecular weight is 468 g/mol. The summed E-state index contributed by atoms with van der Waals surface area (Å²) in [5.74, 6) is 0.401. The lowest BCUT2D eigenvalue weighted by Crippen LogP contribution is -2.48. The Labute approximate surface area is 195 Å². The molecule has 33 heavy (non-hydrogen) atoms. The lowest BCUT2D eigenvalue weighted by Gasteiger charge is -2.36. The van der Waals surface area contributed by atoms with E-state index in [9.17, 15) is 14.4 Å². The molecule has 2 aromatic heterocycles. The molecule has 3 heterocycles. The number of nitrogens with one attached hydrogen (secondary N) is 2. The van der Waals surface area contributed by atoms with Gasteiger partial charge in [0.15, 0.2) is 5.13 Å². The fourth-order valence-electron chi connectivity index (χ4n) is 3.66. The minimum absolute atomic E-state index is 0.0255. The second-order valence-corrected chi connectivity index (χ2v) is 8.44. The van der Waals surface area contributed by atoms with E-state index in [4.69, 9.17) is 4.74 Å². The molecule has 2 amide bonds. The van der Waals surface area contributed by atoms with Gasteiger partial charge in [-0.05, 0) is 30.7 Å². The molecule has 1 aliphatic rings. The lowest BCUT2D eigenvalue weighted by atomic mass is 10.2. The first-order chi connectivity index (χ1) is 16.0. The zero-order chi connectivity index (χ0) is 23.2. The number of nitrogens with zero attached hydrogens (tertiary/aromatic N) is 3. The van der Waals surface area contributed by atoms with Gasteiger partial charge in [-0.15, -0.1) is 11.3 Å². The van der Waals surface area contributed by atoms with Gasteiger partial charge in [0.1, 0.15) is 11.3 Å². The summed E-state index contributed by atoms with van der Waals surface area (Å²) in [5, 5.41) is 4.86. The second-order valence-electron chi connectivity index (χ2n) is 7.58. The summed E-state index contributed by atoms with van der Waals surface area (Å²) in [6.07, 6.45) is 2.32. The Morgan fingerprint density at radius 2 is 2.00 bits per heavy atom. The fraction of sp³-hybridized carbons (Fsp3) is 0.304. The van der Waals surface area contributed by atoms with E-state index in [1.54, 1.807) is 13.2 Å². The number of pyridine rings is 1. The van der Waals surface area contributed by atoms with E-state index >= 15 is 0 Å². The smallest absolute Gasteiger partial charge is 0.263 e. The number of hydrogen-bond acceptors (Lipinski definition) is 7. The molecular weight excluding hydrogens is 442 g/mol. The number of carbonyl (C=O) groups is 2. The van der Waals surface area contributed by atoms with Gasteiger partial charge in [0.25, 0.3) is 11.5 Å². The standard InChI is InChI=1S/C23H25N5O4S/c1-32-18-5-2-4-17(14-18)27-10-12-28(13-11-27)20(29)8-7-16-15-33-23(25-16)26-22(31)19-6-3-9-24-21(19)30/h2-6,9,14-15H,7-8,10-13H2,1H3,(H,24,30)(H,25,26,31).